The number of aliphatic hydroxyl groups is 1. The van der Waals surface area contributed by atoms with E-state index in [4.69, 9.17) is 4.42 Å². The Morgan fingerprint density at radius 1 is 1.10 bits per heavy atom. The van der Waals surface area contributed by atoms with Gasteiger partial charge < -0.3 is 9.52 Å². The molecule has 1 atom stereocenters. The van der Waals surface area contributed by atoms with Crippen LogP contribution in [0.1, 0.15) is 17.7 Å². The van der Waals surface area contributed by atoms with Crippen LogP contribution >= 0.6 is 0 Å². The first kappa shape index (κ1) is 18.8. The number of imidazole rings is 1. The lowest BCUT2D eigenvalue weighted by molar-refractivity contribution is -0.387. The first-order valence-electron chi connectivity index (χ1n) is 8.56. The van der Waals surface area contributed by atoms with Crippen molar-refractivity contribution >= 4 is 26.7 Å². The molecule has 0 radical (unpaired) electrons. The van der Waals surface area contributed by atoms with Gasteiger partial charge in [-0.2, -0.15) is 0 Å². The zero-order valence-corrected chi connectivity index (χ0v) is 15.7. The van der Waals surface area contributed by atoms with E-state index in [1.54, 1.807) is 36.4 Å². The van der Waals surface area contributed by atoms with Gasteiger partial charge in [0.05, 0.1) is 22.2 Å². The molecule has 148 valence electrons. The summed E-state index contributed by atoms with van der Waals surface area (Å²) in [4.78, 5) is 14.5. The minimum absolute atomic E-state index is 0.0354. The number of hydrogen-bond acceptors (Lipinski definition) is 7. The van der Waals surface area contributed by atoms with Gasteiger partial charge in [0.1, 0.15) is 17.7 Å². The number of furan rings is 1. The smallest absolute Gasteiger partial charge is 0.289 e. The number of nitrogens with zero attached hydrogens (tertiary/aromatic N) is 3. The summed E-state index contributed by atoms with van der Waals surface area (Å²) >= 11 is 0. The van der Waals surface area contributed by atoms with Crippen molar-refractivity contribution in [1.82, 2.24) is 8.96 Å². The molecule has 0 bridgehead atoms. The lowest BCUT2D eigenvalue weighted by Gasteiger charge is -2.12. The third-order valence-corrected chi connectivity index (χ3v) is 6.20. The predicted octanol–water partition coefficient (Wildman–Crippen LogP) is 3.05. The Bertz CT molecular complexity index is 1290. The highest BCUT2D eigenvalue weighted by Gasteiger charge is 2.31. The van der Waals surface area contributed by atoms with Crippen LogP contribution in [0.15, 0.2) is 76.2 Å². The molecule has 1 unspecified atom stereocenters. The molecule has 2 aromatic heterocycles. The second-order valence-corrected chi connectivity index (χ2v) is 8.00. The van der Waals surface area contributed by atoms with Gasteiger partial charge in [-0.15, -0.1) is 0 Å². The molecular weight excluding hydrogens is 398 g/mol. The highest BCUT2D eigenvalue weighted by atomic mass is 32.2. The van der Waals surface area contributed by atoms with E-state index in [0.717, 1.165) is 10.0 Å². The normalized spacial score (nSPS) is 12.9. The van der Waals surface area contributed by atoms with Gasteiger partial charge >= 0.3 is 0 Å². The average Bonchev–Trinajstić information content (AvgIpc) is 3.35. The molecule has 0 saturated carbocycles. The second kappa shape index (κ2) is 7.15. The van der Waals surface area contributed by atoms with E-state index in [1.165, 1.54) is 24.5 Å². The Balaban J connectivity index is 1.92. The molecule has 0 fully saturated rings. The van der Waals surface area contributed by atoms with Crippen LogP contribution in [0, 0.1) is 10.1 Å². The number of hydrogen-bond donors (Lipinski definition) is 1. The first-order chi connectivity index (χ1) is 13.9. The van der Waals surface area contributed by atoms with Crippen LogP contribution in [0.3, 0.4) is 0 Å². The Kier molecular flexibility index (Phi) is 4.65. The third kappa shape index (κ3) is 3.28. The minimum Gasteiger partial charge on any atom is -0.467 e. The van der Waals surface area contributed by atoms with Crippen LogP contribution in [0.4, 0.5) is 5.69 Å². The van der Waals surface area contributed by atoms with Gasteiger partial charge in [0.2, 0.25) is 0 Å². The molecule has 0 aliphatic carbocycles. The van der Waals surface area contributed by atoms with E-state index in [0.29, 0.717) is 5.52 Å². The monoisotopic (exact) mass is 413 g/mol. The topological polar surface area (TPSA) is 128 Å². The Morgan fingerprint density at radius 2 is 1.83 bits per heavy atom. The van der Waals surface area contributed by atoms with E-state index in [2.05, 4.69) is 4.98 Å². The molecule has 4 rings (SSSR count). The zero-order valence-electron chi connectivity index (χ0n) is 14.9. The molecule has 2 aromatic carbocycles. The number of nitro benzene ring substituents is 1. The maximum absolute atomic E-state index is 13.4. The van der Waals surface area contributed by atoms with Crippen LogP contribution < -0.4 is 0 Å². The number of fused-ring (bicyclic) bond motifs is 1. The second-order valence-electron chi connectivity index (χ2n) is 6.25. The molecule has 29 heavy (non-hydrogen) atoms. The molecule has 0 spiro atoms. The van der Waals surface area contributed by atoms with Crippen molar-refractivity contribution in [3.05, 3.63) is 88.6 Å². The van der Waals surface area contributed by atoms with E-state index < -0.39 is 31.6 Å². The van der Waals surface area contributed by atoms with Crippen molar-refractivity contribution in [1.29, 1.82) is 0 Å². The number of para-hydroxylation sites is 3. The molecule has 4 aromatic rings. The number of aliphatic hydroxyl groups excluding tert-OH is 1. The van der Waals surface area contributed by atoms with Crippen LogP contribution in [-0.4, -0.2) is 27.4 Å². The van der Waals surface area contributed by atoms with Crippen molar-refractivity contribution in [2.24, 2.45) is 0 Å². The summed E-state index contributed by atoms with van der Waals surface area (Å²) in [5.74, 6) is 0.292. The lowest BCUT2D eigenvalue weighted by Crippen LogP contribution is -2.19. The summed E-state index contributed by atoms with van der Waals surface area (Å²) in [6.45, 7) is 0. The van der Waals surface area contributed by atoms with Gasteiger partial charge in [0.15, 0.2) is 4.90 Å². The fraction of sp³-hybridized carbons (Fsp3) is 0.105. The van der Waals surface area contributed by atoms with E-state index in [-0.39, 0.29) is 23.5 Å². The molecule has 0 aliphatic rings. The molecule has 1 N–H and O–H groups in total. The molecule has 0 amide bonds. The van der Waals surface area contributed by atoms with Gasteiger partial charge in [-0.05, 0) is 30.3 Å². The number of benzene rings is 2. The highest BCUT2D eigenvalue weighted by Crippen LogP contribution is 2.30. The summed E-state index contributed by atoms with van der Waals surface area (Å²) in [5.41, 5.74) is 0.103. The fourth-order valence-electron chi connectivity index (χ4n) is 3.13. The molecule has 9 nitrogen and oxygen atoms in total. The quantitative estimate of drug-likeness (QED) is 0.380. The van der Waals surface area contributed by atoms with Crippen LogP contribution in [0.5, 0.6) is 0 Å². The summed E-state index contributed by atoms with van der Waals surface area (Å²) < 4.78 is 33.0. The maximum atomic E-state index is 13.4. The van der Waals surface area contributed by atoms with Gasteiger partial charge in [-0.3, -0.25) is 10.1 Å². The molecule has 10 heteroatoms. The molecule has 2 heterocycles. The van der Waals surface area contributed by atoms with Gasteiger partial charge in [-0.1, -0.05) is 24.3 Å². The van der Waals surface area contributed by atoms with Crippen LogP contribution in [0.2, 0.25) is 0 Å². The van der Waals surface area contributed by atoms with Gasteiger partial charge in [0, 0.05) is 12.5 Å². The zero-order chi connectivity index (χ0) is 20.6. The Hall–Kier alpha value is -3.50. The summed E-state index contributed by atoms with van der Waals surface area (Å²) in [6, 6.07) is 14.8. The van der Waals surface area contributed by atoms with Gasteiger partial charge in [-0.25, -0.2) is 17.4 Å². The summed E-state index contributed by atoms with van der Waals surface area (Å²) in [5, 5.41) is 21.8. The minimum atomic E-state index is -4.37. The fourth-order valence-corrected chi connectivity index (χ4v) is 4.79. The van der Waals surface area contributed by atoms with Crippen LogP contribution in [-0.2, 0) is 16.4 Å². The molecule has 0 aliphatic heterocycles. The van der Waals surface area contributed by atoms with Crippen molar-refractivity contribution in [3.63, 3.8) is 0 Å². The Labute approximate surface area is 165 Å². The lowest BCUT2D eigenvalue weighted by atomic mass is 10.2. The predicted molar refractivity (Wildman–Crippen MR) is 103 cm³/mol. The standard InChI is InChI=1S/C19H15N3O6S/c23-16(17-9-5-11-28-17)12-19-20-13-6-1-2-7-14(13)21(19)29(26,27)18-10-4-3-8-15(18)22(24)25/h1-11,16,23H,12H2. The summed E-state index contributed by atoms with van der Waals surface area (Å²) in [6.07, 6.45) is 0.0923. The van der Waals surface area contributed by atoms with Crippen LogP contribution in [0.25, 0.3) is 11.0 Å². The largest absolute Gasteiger partial charge is 0.467 e. The van der Waals surface area contributed by atoms with Gasteiger partial charge in [0.25, 0.3) is 15.7 Å². The number of nitro groups is 1. The highest BCUT2D eigenvalue weighted by molar-refractivity contribution is 7.90. The SMILES string of the molecule is O=[N+]([O-])c1ccccc1S(=O)(=O)n1c(CC(O)c2ccco2)nc2ccccc21. The van der Waals surface area contributed by atoms with Crippen molar-refractivity contribution in [3.8, 4) is 0 Å². The van der Waals surface area contributed by atoms with E-state index >= 15 is 0 Å². The molecular formula is C19H15N3O6S. The third-order valence-electron chi connectivity index (χ3n) is 4.41. The van der Waals surface area contributed by atoms with Crippen molar-refractivity contribution < 1.29 is 22.9 Å². The molecule has 0 saturated heterocycles. The summed E-state index contributed by atoms with van der Waals surface area (Å²) in [7, 11) is -4.37. The maximum Gasteiger partial charge on any atom is 0.289 e. The van der Waals surface area contributed by atoms with Crippen molar-refractivity contribution in [2.75, 3.05) is 0 Å². The number of aromatic nitrogens is 2. The average molecular weight is 413 g/mol. The van der Waals surface area contributed by atoms with E-state index in [9.17, 15) is 23.6 Å². The first-order valence-corrected chi connectivity index (χ1v) is 10.0. The van der Waals surface area contributed by atoms with E-state index in [1.807, 2.05) is 0 Å². The Morgan fingerprint density at radius 3 is 2.55 bits per heavy atom. The number of rotatable bonds is 6. The van der Waals surface area contributed by atoms with Crippen molar-refractivity contribution in [2.45, 2.75) is 17.4 Å².